The van der Waals surface area contributed by atoms with E-state index < -0.39 is 0 Å². The molecule has 0 radical (unpaired) electrons. The average molecular weight is 253 g/mol. The normalized spacial score (nSPS) is 18.7. The molecule has 1 N–H and O–H groups in total. The molecule has 0 amide bonds. The zero-order chi connectivity index (χ0) is 12.1. The molecule has 0 bridgehead atoms. The van der Waals surface area contributed by atoms with Crippen LogP contribution in [0.5, 0.6) is 0 Å². The first-order chi connectivity index (χ1) is 8.25. The van der Waals surface area contributed by atoms with Crippen molar-refractivity contribution in [2.75, 3.05) is 26.2 Å². The Kier molecular flexibility index (Phi) is 4.95. The standard InChI is InChI=1S/C13H23N3S/c1-11(13-10-17-12(2)15-13)14-6-5-9-16-7-3-4-8-16/h10-11,14H,3-9H2,1-2H3. The van der Waals surface area contributed by atoms with Crippen LogP contribution in [0.3, 0.4) is 0 Å². The van der Waals surface area contributed by atoms with Gasteiger partial charge in [-0.05, 0) is 59.3 Å². The predicted octanol–water partition coefficient (Wildman–Crippen LogP) is 2.59. The van der Waals surface area contributed by atoms with Crippen LogP contribution in [-0.4, -0.2) is 36.1 Å². The molecule has 1 aromatic heterocycles. The van der Waals surface area contributed by atoms with Gasteiger partial charge in [-0.25, -0.2) is 4.98 Å². The van der Waals surface area contributed by atoms with E-state index in [1.54, 1.807) is 11.3 Å². The Balaban J connectivity index is 1.61. The van der Waals surface area contributed by atoms with Gasteiger partial charge in [-0.1, -0.05) is 0 Å². The topological polar surface area (TPSA) is 28.2 Å². The zero-order valence-corrected chi connectivity index (χ0v) is 11.7. The Labute approximate surface area is 108 Å². The molecule has 1 fully saturated rings. The molecule has 2 rings (SSSR count). The number of likely N-dealkylation sites (tertiary alicyclic amines) is 1. The molecule has 0 saturated carbocycles. The quantitative estimate of drug-likeness (QED) is 0.790. The Morgan fingerprint density at radius 2 is 2.24 bits per heavy atom. The van der Waals surface area contributed by atoms with Crippen molar-refractivity contribution in [3.05, 3.63) is 16.1 Å². The Hall–Kier alpha value is -0.450. The van der Waals surface area contributed by atoms with Gasteiger partial charge in [0.25, 0.3) is 0 Å². The Morgan fingerprint density at radius 3 is 2.88 bits per heavy atom. The van der Waals surface area contributed by atoms with Crippen molar-refractivity contribution in [3.63, 3.8) is 0 Å². The summed E-state index contributed by atoms with van der Waals surface area (Å²) in [6.45, 7) is 9.21. The highest BCUT2D eigenvalue weighted by Gasteiger charge is 2.11. The van der Waals surface area contributed by atoms with Gasteiger partial charge in [0.15, 0.2) is 0 Å². The molecule has 96 valence electrons. The van der Waals surface area contributed by atoms with E-state index in [1.807, 2.05) is 0 Å². The fourth-order valence-corrected chi connectivity index (χ4v) is 3.02. The average Bonchev–Trinajstić information content (AvgIpc) is 2.95. The number of aryl methyl sites for hydroxylation is 1. The van der Waals surface area contributed by atoms with Gasteiger partial charge in [0.05, 0.1) is 10.7 Å². The van der Waals surface area contributed by atoms with Crippen LogP contribution in [-0.2, 0) is 0 Å². The van der Waals surface area contributed by atoms with E-state index in [9.17, 15) is 0 Å². The monoisotopic (exact) mass is 253 g/mol. The lowest BCUT2D eigenvalue weighted by Gasteiger charge is -2.16. The summed E-state index contributed by atoms with van der Waals surface area (Å²) >= 11 is 1.73. The van der Waals surface area contributed by atoms with Gasteiger partial charge in [0.2, 0.25) is 0 Å². The van der Waals surface area contributed by atoms with Gasteiger partial charge in [-0.3, -0.25) is 0 Å². The highest BCUT2D eigenvalue weighted by Crippen LogP contribution is 2.15. The molecule has 2 heterocycles. The maximum absolute atomic E-state index is 4.51. The third-order valence-electron chi connectivity index (χ3n) is 3.38. The van der Waals surface area contributed by atoms with Crippen molar-refractivity contribution in [2.45, 2.75) is 39.2 Å². The van der Waals surface area contributed by atoms with E-state index in [0.717, 1.165) is 11.6 Å². The molecule has 17 heavy (non-hydrogen) atoms. The maximum Gasteiger partial charge on any atom is 0.0898 e. The molecular formula is C13H23N3S. The smallest absolute Gasteiger partial charge is 0.0898 e. The van der Waals surface area contributed by atoms with E-state index in [0.29, 0.717) is 6.04 Å². The summed E-state index contributed by atoms with van der Waals surface area (Å²) in [4.78, 5) is 7.08. The van der Waals surface area contributed by atoms with Crippen LogP contribution in [0, 0.1) is 6.92 Å². The fourth-order valence-electron chi connectivity index (χ4n) is 2.31. The van der Waals surface area contributed by atoms with Gasteiger partial charge >= 0.3 is 0 Å². The molecule has 4 heteroatoms. The second-order valence-electron chi connectivity index (χ2n) is 4.87. The molecule has 3 nitrogen and oxygen atoms in total. The number of thiazole rings is 1. The molecule has 0 aliphatic carbocycles. The van der Waals surface area contributed by atoms with Gasteiger partial charge in [-0.2, -0.15) is 0 Å². The molecule has 1 aliphatic heterocycles. The van der Waals surface area contributed by atoms with Gasteiger partial charge in [0.1, 0.15) is 0 Å². The largest absolute Gasteiger partial charge is 0.309 e. The Morgan fingerprint density at radius 1 is 1.47 bits per heavy atom. The number of aromatic nitrogens is 1. The highest BCUT2D eigenvalue weighted by atomic mass is 32.1. The fraction of sp³-hybridized carbons (Fsp3) is 0.769. The van der Waals surface area contributed by atoms with E-state index in [2.05, 4.69) is 34.4 Å². The lowest BCUT2D eigenvalue weighted by atomic mass is 10.2. The predicted molar refractivity (Wildman–Crippen MR) is 73.6 cm³/mol. The van der Waals surface area contributed by atoms with Gasteiger partial charge in [-0.15, -0.1) is 11.3 Å². The van der Waals surface area contributed by atoms with Crippen LogP contribution in [0.1, 0.15) is 42.9 Å². The van der Waals surface area contributed by atoms with E-state index in [-0.39, 0.29) is 0 Å². The summed E-state index contributed by atoms with van der Waals surface area (Å²) in [5.41, 5.74) is 1.19. The van der Waals surface area contributed by atoms with Crippen molar-refractivity contribution >= 4 is 11.3 Å². The van der Waals surface area contributed by atoms with Gasteiger partial charge in [0, 0.05) is 11.4 Å². The van der Waals surface area contributed by atoms with Crippen LogP contribution in [0.25, 0.3) is 0 Å². The summed E-state index contributed by atoms with van der Waals surface area (Å²) < 4.78 is 0. The minimum atomic E-state index is 0.388. The second-order valence-corrected chi connectivity index (χ2v) is 5.93. The SMILES string of the molecule is Cc1nc(C(C)NCCCN2CCCC2)cs1. The first kappa shape index (κ1) is 13.0. The molecule has 0 aromatic carbocycles. The first-order valence-corrected chi connectivity index (χ1v) is 7.51. The first-order valence-electron chi connectivity index (χ1n) is 6.63. The van der Waals surface area contributed by atoms with E-state index >= 15 is 0 Å². The third-order valence-corrected chi connectivity index (χ3v) is 4.17. The van der Waals surface area contributed by atoms with E-state index in [1.165, 1.54) is 44.6 Å². The lowest BCUT2D eigenvalue weighted by Crippen LogP contribution is -2.26. The summed E-state index contributed by atoms with van der Waals surface area (Å²) in [5.74, 6) is 0. The minimum absolute atomic E-state index is 0.388. The molecule has 1 aliphatic rings. The summed E-state index contributed by atoms with van der Waals surface area (Å²) in [7, 11) is 0. The van der Waals surface area contributed by atoms with Crippen LogP contribution < -0.4 is 5.32 Å². The van der Waals surface area contributed by atoms with Crippen molar-refractivity contribution < 1.29 is 0 Å². The second kappa shape index (κ2) is 6.47. The van der Waals surface area contributed by atoms with Gasteiger partial charge < -0.3 is 10.2 Å². The molecule has 0 spiro atoms. The van der Waals surface area contributed by atoms with Crippen molar-refractivity contribution in [1.82, 2.24) is 15.2 Å². The number of nitrogens with zero attached hydrogens (tertiary/aromatic N) is 2. The molecule has 1 aromatic rings. The van der Waals surface area contributed by atoms with Crippen molar-refractivity contribution in [2.24, 2.45) is 0 Å². The van der Waals surface area contributed by atoms with Crippen molar-refractivity contribution in [1.29, 1.82) is 0 Å². The molecular weight excluding hydrogens is 230 g/mol. The summed E-state index contributed by atoms with van der Waals surface area (Å²) in [6, 6.07) is 0.388. The number of hydrogen-bond donors (Lipinski definition) is 1. The minimum Gasteiger partial charge on any atom is -0.309 e. The molecule has 1 unspecified atom stereocenters. The van der Waals surface area contributed by atoms with Crippen LogP contribution in [0.15, 0.2) is 5.38 Å². The third kappa shape index (κ3) is 4.05. The number of nitrogens with one attached hydrogen (secondary N) is 1. The number of rotatable bonds is 6. The van der Waals surface area contributed by atoms with Crippen LogP contribution in [0.4, 0.5) is 0 Å². The summed E-state index contributed by atoms with van der Waals surface area (Å²) in [6.07, 6.45) is 4.03. The Bertz CT molecular complexity index is 331. The summed E-state index contributed by atoms with van der Waals surface area (Å²) in [5, 5.41) is 6.87. The molecule has 1 saturated heterocycles. The highest BCUT2D eigenvalue weighted by molar-refractivity contribution is 7.09. The van der Waals surface area contributed by atoms with Crippen LogP contribution >= 0.6 is 11.3 Å². The van der Waals surface area contributed by atoms with Crippen molar-refractivity contribution in [3.8, 4) is 0 Å². The maximum atomic E-state index is 4.51. The van der Waals surface area contributed by atoms with E-state index in [4.69, 9.17) is 0 Å². The molecule has 1 atom stereocenters. The zero-order valence-electron chi connectivity index (χ0n) is 10.9. The number of hydrogen-bond acceptors (Lipinski definition) is 4. The lowest BCUT2D eigenvalue weighted by molar-refractivity contribution is 0.328. The van der Waals surface area contributed by atoms with Crippen LogP contribution in [0.2, 0.25) is 0 Å².